The monoisotopic (exact) mass is 304 g/mol. The molecule has 0 saturated carbocycles. The summed E-state index contributed by atoms with van der Waals surface area (Å²) >= 11 is 1.70. The van der Waals surface area contributed by atoms with Crippen LogP contribution in [0.5, 0.6) is 0 Å². The number of nitrogens with one attached hydrogen (secondary N) is 1. The Hall–Kier alpha value is -1.88. The van der Waals surface area contributed by atoms with Crippen molar-refractivity contribution in [2.24, 2.45) is 0 Å². The number of carbonyl (C=O) groups excluding carboxylic acids is 1. The Kier molecular flexibility index (Phi) is 4.63. The van der Waals surface area contributed by atoms with Crippen molar-refractivity contribution in [3.05, 3.63) is 44.9 Å². The van der Waals surface area contributed by atoms with Crippen LogP contribution in [0, 0.1) is 20.8 Å². The topological polar surface area (TPSA) is 51.2 Å². The molecule has 0 fully saturated rings. The lowest BCUT2D eigenvalue weighted by Gasteiger charge is -2.17. The average molecular weight is 304 g/mol. The van der Waals surface area contributed by atoms with E-state index in [1.165, 1.54) is 12.0 Å². The molecule has 1 heterocycles. The smallest absolute Gasteiger partial charge is 0.338 e. The van der Waals surface area contributed by atoms with E-state index in [2.05, 4.69) is 17.2 Å². The van der Waals surface area contributed by atoms with Gasteiger partial charge in [-0.1, -0.05) is 6.07 Å². The number of aryl methyl sites for hydroxylation is 2. The predicted octanol–water partition coefficient (Wildman–Crippen LogP) is 4.03. The van der Waals surface area contributed by atoms with E-state index in [1.54, 1.807) is 17.4 Å². The molecule has 1 N–H and O–H groups in total. The van der Waals surface area contributed by atoms with E-state index in [1.807, 2.05) is 32.9 Å². The SMILES string of the molecule is COC(=O)c1cccc(NC(C)c2sc(C)nc2C)c1C. The minimum absolute atomic E-state index is 0.141. The number of thiazole rings is 1. The van der Waals surface area contributed by atoms with Gasteiger partial charge in [0.15, 0.2) is 0 Å². The number of rotatable bonds is 4. The number of esters is 1. The summed E-state index contributed by atoms with van der Waals surface area (Å²) in [7, 11) is 1.40. The molecule has 5 heteroatoms. The van der Waals surface area contributed by atoms with Gasteiger partial charge in [0.25, 0.3) is 0 Å². The van der Waals surface area contributed by atoms with Gasteiger partial charge < -0.3 is 10.1 Å². The molecule has 4 nitrogen and oxygen atoms in total. The molecule has 0 radical (unpaired) electrons. The highest BCUT2D eigenvalue weighted by Gasteiger charge is 2.16. The zero-order valence-electron chi connectivity index (χ0n) is 13.0. The molecule has 0 saturated heterocycles. The largest absolute Gasteiger partial charge is 0.465 e. The molecule has 0 aliphatic heterocycles. The Labute approximate surface area is 129 Å². The second-order valence-electron chi connectivity index (χ2n) is 5.02. The first kappa shape index (κ1) is 15.5. The summed E-state index contributed by atoms with van der Waals surface area (Å²) < 4.78 is 4.81. The molecule has 112 valence electrons. The fourth-order valence-electron chi connectivity index (χ4n) is 2.37. The second-order valence-corrected chi connectivity index (χ2v) is 6.25. The minimum Gasteiger partial charge on any atom is -0.465 e. The molecule has 0 aliphatic carbocycles. The van der Waals surface area contributed by atoms with Gasteiger partial charge in [-0.2, -0.15) is 0 Å². The van der Waals surface area contributed by atoms with Gasteiger partial charge in [-0.15, -0.1) is 11.3 Å². The third-order valence-electron chi connectivity index (χ3n) is 3.44. The normalized spacial score (nSPS) is 12.0. The van der Waals surface area contributed by atoms with E-state index in [0.717, 1.165) is 22.0 Å². The molecule has 0 spiro atoms. The van der Waals surface area contributed by atoms with Crippen molar-refractivity contribution in [3.8, 4) is 0 Å². The molecule has 2 rings (SSSR count). The quantitative estimate of drug-likeness (QED) is 0.867. The van der Waals surface area contributed by atoms with Gasteiger partial charge in [0, 0.05) is 10.6 Å². The number of hydrogen-bond donors (Lipinski definition) is 1. The first-order chi connectivity index (χ1) is 9.93. The molecule has 1 aromatic heterocycles. The van der Waals surface area contributed by atoms with Gasteiger partial charge in [-0.05, 0) is 45.4 Å². The fourth-order valence-corrected chi connectivity index (χ4v) is 3.30. The molecule has 0 amide bonds. The van der Waals surface area contributed by atoms with Gasteiger partial charge in [0.1, 0.15) is 0 Å². The van der Waals surface area contributed by atoms with Crippen molar-refractivity contribution >= 4 is 23.0 Å². The van der Waals surface area contributed by atoms with Crippen LogP contribution in [0.15, 0.2) is 18.2 Å². The van der Waals surface area contributed by atoms with Gasteiger partial charge in [-0.3, -0.25) is 0 Å². The molecular formula is C16H20N2O2S. The van der Waals surface area contributed by atoms with Crippen LogP contribution in [-0.2, 0) is 4.74 Å². The first-order valence-corrected chi connectivity index (χ1v) is 7.64. The van der Waals surface area contributed by atoms with Crippen LogP contribution in [0.4, 0.5) is 5.69 Å². The lowest BCUT2D eigenvalue weighted by atomic mass is 10.1. The Morgan fingerprint density at radius 2 is 2.05 bits per heavy atom. The van der Waals surface area contributed by atoms with E-state index in [4.69, 9.17) is 4.74 Å². The van der Waals surface area contributed by atoms with Gasteiger partial charge >= 0.3 is 5.97 Å². The van der Waals surface area contributed by atoms with Crippen LogP contribution in [0.3, 0.4) is 0 Å². The van der Waals surface area contributed by atoms with Crippen molar-refractivity contribution in [1.29, 1.82) is 0 Å². The number of ether oxygens (including phenoxy) is 1. The highest BCUT2D eigenvalue weighted by atomic mass is 32.1. The van der Waals surface area contributed by atoms with Crippen LogP contribution in [0.25, 0.3) is 0 Å². The first-order valence-electron chi connectivity index (χ1n) is 6.82. The highest BCUT2D eigenvalue weighted by molar-refractivity contribution is 7.11. The Bertz CT molecular complexity index is 664. The third kappa shape index (κ3) is 3.24. The van der Waals surface area contributed by atoms with Crippen LogP contribution in [0.2, 0.25) is 0 Å². The average Bonchev–Trinajstić information content (AvgIpc) is 2.79. The summed E-state index contributed by atoms with van der Waals surface area (Å²) in [4.78, 5) is 17.4. The summed E-state index contributed by atoms with van der Waals surface area (Å²) in [5.41, 5.74) is 3.48. The molecule has 21 heavy (non-hydrogen) atoms. The molecule has 1 unspecified atom stereocenters. The number of carbonyl (C=O) groups is 1. The maximum atomic E-state index is 11.7. The lowest BCUT2D eigenvalue weighted by molar-refractivity contribution is 0.0600. The number of anilines is 1. The van der Waals surface area contributed by atoms with Gasteiger partial charge in [0.05, 0.1) is 29.4 Å². The van der Waals surface area contributed by atoms with Crippen LogP contribution >= 0.6 is 11.3 Å². The summed E-state index contributed by atoms with van der Waals surface area (Å²) in [5.74, 6) is -0.311. The Balaban J connectivity index is 2.27. The van der Waals surface area contributed by atoms with E-state index < -0.39 is 0 Å². The minimum atomic E-state index is -0.311. The van der Waals surface area contributed by atoms with Crippen molar-refractivity contribution in [1.82, 2.24) is 4.98 Å². The number of hydrogen-bond acceptors (Lipinski definition) is 5. The fraction of sp³-hybridized carbons (Fsp3) is 0.375. The molecule has 0 bridgehead atoms. The predicted molar refractivity (Wildman–Crippen MR) is 86.1 cm³/mol. The summed E-state index contributed by atoms with van der Waals surface area (Å²) in [6.45, 7) is 8.06. The number of methoxy groups -OCH3 is 1. The molecule has 1 aromatic carbocycles. The van der Waals surface area contributed by atoms with Gasteiger partial charge in [-0.25, -0.2) is 9.78 Å². The number of nitrogens with zero attached hydrogens (tertiary/aromatic N) is 1. The lowest BCUT2D eigenvalue weighted by Crippen LogP contribution is -2.10. The van der Waals surface area contributed by atoms with E-state index >= 15 is 0 Å². The summed E-state index contributed by atoms with van der Waals surface area (Å²) in [6, 6.07) is 5.75. The van der Waals surface area contributed by atoms with E-state index in [-0.39, 0.29) is 12.0 Å². The van der Waals surface area contributed by atoms with Crippen LogP contribution in [0.1, 0.15) is 44.5 Å². The maximum Gasteiger partial charge on any atom is 0.338 e. The standard InChI is InChI=1S/C16H20N2O2S/c1-9-13(16(19)20-5)7-6-8-14(9)18-11(3)15-10(2)17-12(4)21-15/h6-8,11,18H,1-5H3. The summed E-state index contributed by atoms with van der Waals surface area (Å²) in [5, 5.41) is 4.53. The second kappa shape index (κ2) is 6.26. The zero-order chi connectivity index (χ0) is 15.6. The maximum absolute atomic E-state index is 11.7. The van der Waals surface area contributed by atoms with Crippen molar-refractivity contribution in [3.63, 3.8) is 0 Å². The Morgan fingerprint density at radius 1 is 1.33 bits per heavy atom. The van der Waals surface area contributed by atoms with E-state index in [0.29, 0.717) is 5.56 Å². The van der Waals surface area contributed by atoms with Crippen molar-refractivity contribution in [2.45, 2.75) is 33.7 Å². The van der Waals surface area contributed by atoms with E-state index in [9.17, 15) is 4.79 Å². The number of benzene rings is 1. The van der Waals surface area contributed by atoms with Crippen LogP contribution < -0.4 is 5.32 Å². The third-order valence-corrected chi connectivity index (χ3v) is 4.70. The molecular weight excluding hydrogens is 284 g/mol. The molecule has 2 aromatic rings. The highest BCUT2D eigenvalue weighted by Crippen LogP contribution is 2.29. The van der Waals surface area contributed by atoms with Crippen molar-refractivity contribution < 1.29 is 9.53 Å². The molecule has 0 aliphatic rings. The van der Waals surface area contributed by atoms with Crippen LogP contribution in [-0.4, -0.2) is 18.1 Å². The number of aromatic nitrogens is 1. The Morgan fingerprint density at radius 3 is 2.62 bits per heavy atom. The molecule has 1 atom stereocenters. The van der Waals surface area contributed by atoms with Crippen molar-refractivity contribution in [2.75, 3.05) is 12.4 Å². The van der Waals surface area contributed by atoms with Gasteiger partial charge in [0.2, 0.25) is 0 Å². The zero-order valence-corrected chi connectivity index (χ0v) is 13.8. The summed E-state index contributed by atoms with van der Waals surface area (Å²) in [6.07, 6.45) is 0.